The Kier molecular flexibility index (Phi) is 5.57. The predicted octanol–water partition coefficient (Wildman–Crippen LogP) is 11.8. The summed E-state index contributed by atoms with van der Waals surface area (Å²) in [4.78, 5) is 10.0. The summed E-state index contributed by atoms with van der Waals surface area (Å²) in [6.45, 7) is 0. The molecule has 0 aliphatic heterocycles. The van der Waals surface area contributed by atoms with Crippen molar-refractivity contribution in [3.8, 4) is 67.3 Å². The second-order valence-corrected chi connectivity index (χ2v) is 12.2. The largest absolute Gasteiger partial charge is 0.455 e. The fourth-order valence-electron chi connectivity index (χ4n) is 7.18. The number of hydrogen-bond acceptors (Lipinski definition) is 3. The van der Waals surface area contributed by atoms with Crippen molar-refractivity contribution in [2.75, 3.05) is 0 Å². The van der Waals surface area contributed by atoms with Gasteiger partial charge >= 0.3 is 0 Å². The van der Waals surface area contributed by atoms with E-state index in [1.54, 1.807) is 0 Å². The monoisotopic (exact) mass is 598 g/mol. The summed E-state index contributed by atoms with van der Waals surface area (Å²) in [6, 6.07) is 55.3. The summed E-state index contributed by atoms with van der Waals surface area (Å²) in [5.41, 5.74) is 14.2. The molecule has 47 heavy (non-hydrogen) atoms. The highest BCUT2D eigenvalue weighted by atomic mass is 16.3. The van der Waals surface area contributed by atoms with E-state index < -0.39 is 0 Å². The fourth-order valence-corrected chi connectivity index (χ4v) is 7.18. The van der Waals surface area contributed by atoms with Crippen LogP contribution in [0.5, 0.6) is 0 Å². The molecule has 0 saturated carbocycles. The molecule has 0 atom stereocenters. The molecule has 0 bridgehead atoms. The van der Waals surface area contributed by atoms with Crippen molar-refractivity contribution in [2.24, 2.45) is 0 Å². The number of benzene rings is 7. The van der Waals surface area contributed by atoms with Gasteiger partial charge in [0, 0.05) is 38.2 Å². The molecular formula is C44H26N2O. The Balaban J connectivity index is 1.08. The van der Waals surface area contributed by atoms with Crippen LogP contribution in [0, 0.1) is 0 Å². The molecule has 0 spiro atoms. The first-order chi connectivity index (χ1) is 23.3. The molecular weight excluding hydrogens is 572 g/mol. The van der Waals surface area contributed by atoms with E-state index >= 15 is 0 Å². The van der Waals surface area contributed by atoms with E-state index in [1.807, 2.05) is 36.4 Å². The minimum Gasteiger partial charge on any atom is -0.455 e. The normalized spacial score (nSPS) is 11.8. The van der Waals surface area contributed by atoms with Crippen molar-refractivity contribution in [3.63, 3.8) is 0 Å². The standard InChI is InChI=1S/C44H26N2O/c1-3-10-28(11-4-1)39-26-40(29-12-5-2-6-13-29)46-44(45-39)30-20-18-27(19-21-30)31-22-23-41-36(24-31)38-25-37-33-15-8-7-14-32(33)34-16-9-17-35(42(34)37)43(38)47-41/h1-26H. The summed E-state index contributed by atoms with van der Waals surface area (Å²) in [7, 11) is 0. The van der Waals surface area contributed by atoms with Gasteiger partial charge in [0.05, 0.1) is 11.4 Å². The van der Waals surface area contributed by atoms with Crippen LogP contribution in [0.2, 0.25) is 0 Å². The van der Waals surface area contributed by atoms with Crippen molar-refractivity contribution in [1.29, 1.82) is 0 Å². The lowest BCUT2D eigenvalue weighted by Gasteiger charge is -2.10. The fraction of sp³-hybridized carbons (Fsp3) is 0. The van der Waals surface area contributed by atoms with Gasteiger partial charge in [0.1, 0.15) is 11.2 Å². The molecule has 1 aliphatic rings. The van der Waals surface area contributed by atoms with Crippen LogP contribution in [0.4, 0.5) is 0 Å². The van der Waals surface area contributed by atoms with E-state index in [0.717, 1.165) is 61.1 Å². The van der Waals surface area contributed by atoms with E-state index in [2.05, 4.69) is 121 Å². The van der Waals surface area contributed by atoms with Gasteiger partial charge in [-0.1, -0.05) is 133 Å². The van der Waals surface area contributed by atoms with Gasteiger partial charge < -0.3 is 4.42 Å². The lowest BCUT2D eigenvalue weighted by molar-refractivity contribution is 0.673. The Morgan fingerprint density at radius 3 is 1.66 bits per heavy atom. The lowest BCUT2D eigenvalue weighted by atomic mass is 9.97. The molecule has 0 fully saturated rings. The molecule has 0 radical (unpaired) electrons. The highest BCUT2D eigenvalue weighted by molar-refractivity contribution is 6.26. The van der Waals surface area contributed by atoms with Gasteiger partial charge in [0.15, 0.2) is 5.82 Å². The van der Waals surface area contributed by atoms with Crippen LogP contribution < -0.4 is 0 Å². The van der Waals surface area contributed by atoms with Gasteiger partial charge in [-0.25, -0.2) is 9.97 Å². The third-order valence-electron chi connectivity index (χ3n) is 9.44. The Labute approximate surface area is 271 Å². The Bertz CT molecular complexity index is 2600. The van der Waals surface area contributed by atoms with Crippen LogP contribution in [-0.4, -0.2) is 9.97 Å². The third-order valence-corrected chi connectivity index (χ3v) is 9.44. The lowest BCUT2D eigenvalue weighted by Crippen LogP contribution is -1.95. The molecule has 1 aliphatic carbocycles. The van der Waals surface area contributed by atoms with Gasteiger partial charge in [-0.3, -0.25) is 0 Å². The first kappa shape index (κ1) is 26.0. The average molecular weight is 599 g/mol. The van der Waals surface area contributed by atoms with Crippen molar-refractivity contribution < 1.29 is 4.42 Å². The van der Waals surface area contributed by atoms with Gasteiger partial charge in [0.25, 0.3) is 0 Å². The number of furan rings is 1. The first-order valence-corrected chi connectivity index (χ1v) is 15.9. The van der Waals surface area contributed by atoms with E-state index in [1.165, 1.54) is 33.0 Å². The van der Waals surface area contributed by atoms with Crippen LogP contribution in [0.25, 0.3) is 100.0 Å². The molecule has 2 aromatic heterocycles. The van der Waals surface area contributed by atoms with Gasteiger partial charge in [-0.15, -0.1) is 0 Å². The highest BCUT2D eigenvalue weighted by Gasteiger charge is 2.24. The molecule has 0 saturated heterocycles. The molecule has 2 heterocycles. The molecule has 3 heteroatoms. The topological polar surface area (TPSA) is 38.9 Å². The number of hydrogen-bond donors (Lipinski definition) is 0. The van der Waals surface area contributed by atoms with Crippen LogP contribution in [0.3, 0.4) is 0 Å². The maximum Gasteiger partial charge on any atom is 0.160 e. The van der Waals surface area contributed by atoms with E-state index in [-0.39, 0.29) is 0 Å². The zero-order valence-corrected chi connectivity index (χ0v) is 25.3. The third kappa shape index (κ3) is 4.07. The Hall–Kier alpha value is -6.32. The van der Waals surface area contributed by atoms with E-state index in [9.17, 15) is 0 Å². The maximum absolute atomic E-state index is 6.55. The summed E-state index contributed by atoms with van der Waals surface area (Å²) < 4.78 is 6.55. The smallest absolute Gasteiger partial charge is 0.160 e. The average Bonchev–Trinajstić information content (AvgIpc) is 3.69. The molecule has 0 unspecified atom stereocenters. The number of rotatable bonds is 4. The van der Waals surface area contributed by atoms with Crippen molar-refractivity contribution in [1.82, 2.24) is 9.97 Å². The van der Waals surface area contributed by atoms with Gasteiger partial charge in [0.2, 0.25) is 0 Å². The summed E-state index contributed by atoms with van der Waals surface area (Å²) in [5, 5.41) is 4.72. The van der Waals surface area contributed by atoms with Crippen molar-refractivity contribution in [2.45, 2.75) is 0 Å². The van der Waals surface area contributed by atoms with Gasteiger partial charge in [-0.05, 0) is 57.6 Å². The van der Waals surface area contributed by atoms with Crippen molar-refractivity contribution in [3.05, 3.63) is 158 Å². The minimum atomic E-state index is 0.706. The second kappa shape index (κ2) is 10.1. The maximum atomic E-state index is 6.55. The Morgan fingerprint density at radius 1 is 0.362 bits per heavy atom. The zero-order valence-electron chi connectivity index (χ0n) is 25.3. The van der Waals surface area contributed by atoms with E-state index in [4.69, 9.17) is 14.4 Å². The first-order valence-electron chi connectivity index (χ1n) is 15.9. The molecule has 0 N–H and O–H groups in total. The van der Waals surface area contributed by atoms with Gasteiger partial charge in [-0.2, -0.15) is 0 Å². The van der Waals surface area contributed by atoms with E-state index in [0.29, 0.717) is 5.82 Å². The van der Waals surface area contributed by atoms with Crippen LogP contribution in [0.15, 0.2) is 162 Å². The quantitative estimate of drug-likeness (QED) is 0.202. The van der Waals surface area contributed by atoms with Crippen LogP contribution in [-0.2, 0) is 0 Å². The molecule has 218 valence electrons. The van der Waals surface area contributed by atoms with Crippen molar-refractivity contribution >= 4 is 32.7 Å². The highest BCUT2D eigenvalue weighted by Crippen LogP contribution is 2.50. The number of fused-ring (bicyclic) bond motifs is 7. The SMILES string of the molecule is c1ccc(-c2cc(-c3ccccc3)nc(-c3ccc(-c4ccc5oc6c7cccc8c7c(cc6c5c4)-c4ccccc4-8)cc3)n2)cc1. The second-order valence-electron chi connectivity index (χ2n) is 12.2. The molecule has 3 nitrogen and oxygen atoms in total. The molecule has 10 rings (SSSR count). The Morgan fingerprint density at radius 2 is 0.957 bits per heavy atom. The molecule has 0 amide bonds. The summed E-state index contributed by atoms with van der Waals surface area (Å²) in [6.07, 6.45) is 0. The zero-order chi connectivity index (χ0) is 30.9. The predicted molar refractivity (Wildman–Crippen MR) is 193 cm³/mol. The minimum absolute atomic E-state index is 0.706. The summed E-state index contributed by atoms with van der Waals surface area (Å²) in [5.74, 6) is 0.706. The van der Waals surface area contributed by atoms with Crippen LogP contribution >= 0.6 is 0 Å². The van der Waals surface area contributed by atoms with Crippen LogP contribution in [0.1, 0.15) is 0 Å². The summed E-state index contributed by atoms with van der Waals surface area (Å²) >= 11 is 0. The molecule has 7 aromatic carbocycles. The number of nitrogens with zero attached hydrogens (tertiary/aromatic N) is 2. The molecule has 9 aromatic rings. The number of aromatic nitrogens is 2.